The summed E-state index contributed by atoms with van der Waals surface area (Å²) in [7, 11) is 0. The van der Waals surface area contributed by atoms with Gasteiger partial charge in [-0.25, -0.2) is 0 Å². The third-order valence-electron chi connectivity index (χ3n) is 5.42. The van der Waals surface area contributed by atoms with E-state index in [-0.39, 0.29) is 22.6 Å². The summed E-state index contributed by atoms with van der Waals surface area (Å²) in [5.74, 6) is 0.237. The van der Waals surface area contributed by atoms with E-state index in [1.165, 1.54) is 12.3 Å². The number of nitro groups is 1. The molecule has 1 aromatic carbocycles. The molecule has 0 saturated heterocycles. The number of carbonyl (C=O) groups excluding carboxylic acids is 1. The highest BCUT2D eigenvalue weighted by Crippen LogP contribution is 2.31. The molecule has 0 fully saturated rings. The fourth-order valence-corrected chi connectivity index (χ4v) is 3.95. The van der Waals surface area contributed by atoms with E-state index < -0.39 is 0 Å². The quantitative estimate of drug-likeness (QED) is 0.478. The Labute approximate surface area is 173 Å². The Morgan fingerprint density at radius 3 is 2.90 bits per heavy atom. The van der Waals surface area contributed by atoms with Crippen LogP contribution in [0.5, 0.6) is 0 Å². The molecular weight excluding hydrogens is 384 g/mol. The number of nitrogens with zero attached hydrogens (tertiary/aromatic N) is 4. The van der Waals surface area contributed by atoms with E-state index in [4.69, 9.17) is 0 Å². The lowest BCUT2D eigenvalue weighted by molar-refractivity contribution is -0.383. The normalized spacial score (nSPS) is 15.8. The van der Waals surface area contributed by atoms with Crippen molar-refractivity contribution in [2.24, 2.45) is 5.92 Å². The van der Waals surface area contributed by atoms with Gasteiger partial charge >= 0.3 is 0 Å². The average Bonchev–Trinajstić information content (AvgIpc) is 3.14. The summed E-state index contributed by atoms with van der Waals surface area (Å²) >= 11 is 0. The molecule has 30 heavy (non-hydrogen) atoms. The van der Waals surface area contributed by atoms with Crippen LogP contribution in [0.4, 0.5) is 11.4 Å². The van der Waals surface area contributed by atoms with E-state index in [1.807, 2.05) is 18.5 Å². The van der Waals surface area contributed by atoms with E-state index in [0.29, 0.717) is 23.4 Å². The van der Waals surface area contributed by atoms with Crippen LogP contribution in [0.1, 0.15) is 36.3 Å². The van der Waals surface area contributed by atoms with Crippen molar-refractivity contribution in [3.05, 3.63) is 58.2 Å². The SMILES string of the molecule is CC(C)NC(=O)c1cnn2c1C[C@@H](CNc1ccc([N+](=O)[O-])c3cnccc13)CC2. The predicted octanol–water partition coefficient (Wildman–Crippen LogP) is 3.15. The van der Waals surface area contributed by atoms with E-state index >= 15 is 0 Å². The van der Waals surface area contributed by atoms with Crippen molar-refractivity contribution in [3.63, 3.8) is 0 Å². The summed E-state index contributed by atoms with van der Waals surface area (Å²) in [4.78, 5) is 27.4. The molecule has 0 saturated carbocycles. The second kappa shape index (κ2) is 8.10. The number of carbonyl (C=O) groups is 1. The maximum absolute atomic E-state index is 12.5. The van der Waals surface area contributed by atoms with Gasteiger partial charge in [-0.2, -0.15) is 5.10 Å². The molecule has 9 nitrogen and oxygen atoms in total. The molecule has 4 rings (SSSR count). The molecule has 156 valence electrons. The van der Waals surface area contributed by atoms with Gasteiger partial charge in [0.05, 0.1) is 27.8 Å². The number of nitro benzene ring substituents is 1. The smallest absolute Gasteiger partial charge is 0.278 e. The molecule has 0 aliphatic carbocycles. The zero-order valence-corrected chi connectivity index (χ0v) is 17.0. The number of fused-ring (bicyclic) bond motifs is 2. The van der Waals surface area contributed by atoms with Gasteiger partial charge in [0.2, 0.25) is 0 Å². The minimum atomic E-state index is -0.389. The van der Waals surface area contributed by atoms with Gasteiger partial charge < -0.3 is 10.6 Å². The van der Waals surface area contributed by atoms with Gasteiger partial charge in [0.15, 0.2) is 0 Å². The van der Waals surface area contributed by atoms with E-state index in [0.717, 1.165) is 36.2 Å². The topological polar surface area (TPSA) is 115 Å². The van der Waals surface area contributed by atoms with Crippen LogP contribution < -0.4 is 10.6 Å². The third kappa shape index (κ3) is 3.83. The van der Waals surface area contributed by atoms with Crippen molar-refractivity contribution in [2.75, 3.05) is 11.9 Å². The largest absolute Gasteiger partial charge is 0.384 e. The summed E-state index contributed by atoms with van der Waals surface area (Å²) in [5, 5.41) is 23.3. The average molecular weight is 408 g/mol. The van der Waals surface area contributed by atoms with Crippen LogP contribution in [0, 0.1) is 16.0 Å². The van der Waals surface area contributed by atoms with Crippen LogP contribution in [0.25, 0.3) is 10.8 Å². The highest BCUT2D eigenvalue weighted by molar-refractivity contribution is 5.99. The number of anilines is 1. The number of benzene rings is 1. The van der Waals surface area contributed by atoms with Crippen molar-refractivity contribution in [1.82, 2.24) is 20.1 Å². The summed E-state index contributed by atoms with van der Waals surface area (Å²) < 4.78 is 1.92. The standard InChI is InChI=1S/C21H24N6O3/c1-13(2)25-21(28)17-12-24-26-8-6-14(9-20(17)26)10-23-18-3-4-19(27(29)30)16-11-22-7-5-15(16)18/h3-5,7,11-14,23H,6,8-10H2,1-2H3,(H,25,28)/t14-/m0/s1. The lowest BCUT2D eigenvalue weighted by Gasteiger charge is -2.25. The van der Waals surface area contributed by atoms with Crippen LogP contribution >= 0.6 is 0 Å². The van der Waals surface area contributed by atoms with Crippen molar-refractivity contribution in [2.45, 2.75) is 39.3 Å². The van der Waals surface area contributed by atoms with E-state index in [1.54, 1.807) is 24.5 Å². The summed E-state index contributed by atoms with van der Waals surface area (Å²) in [6.45, 7) is 5.34. The Bertz CT molecular complexity index is 1110. The molecule has 1 atom stereocenters. The molecule has 1 aliphatic rings. The van der Waals surface area contributed by atoms with Gasteiger partial charge in [0, 0.05) is 48.7 Å². The van der Waals surface area contributed by atoms with Gasteiger partial charge in [-0.1, -0.05) is 0 Å². The summed E-state index contributed by atoms with van der Waals surface area (Å²) in [5.41, 5.74) is 2.49. The van der Waals surface area contributed by atoms with Crippen molar-refractivity contribution < 1.29 is 9.72 Å². The number of amides is 1. The molecule has 1 aliphatic heterocycles. The Balaban J connectivity index is 1.50. The Morgan fingerprint density at radius 1 is 1.30 bits per heavy atom. The number of hydrogen-bond donors (Lipinski definition) is 2. The predicted molar refractivity (Wildman–Crippen MR) is 114 cm³/mol. The highest BCUT2D eigenvalue weighted by atomic mass is 16.6. The third-order valence-corrected chi connectivity index (χ3v) is 5.42. The molecule has 0 unspecified atom stereocenters. The van der Waals surface area contributed by atoms with Crippen LogP contribution in [-0.4, -0.2) is 38.2 Å². The first-order chi connectivity index (χ1) is 14.4. The van der Waals surface area contributed by atoms with E-state index in [2.05, 4.69) is 20.7 Å². The molecule has 0 spiro atoms. The Kier molecular flexibility index (Phi) is 5.35. The number of rotatable bonds is 6. The molecule has 0 bridgehead atoms. The van der Waals surface area contributed by atoms with Crippen molar-refractivity contribution >= 4 is 28.1 Å². The molecule has 0 radical (unpaired) electrons. The number of nitrogens with one attached hydrogen (secondary N) is 2. The Hall–Kier alpha value is -3.49. The maximum atomic E-state index is 12.5. The van der Waals surface area contributed by atoms with Gasteiger partial charge in [-0.05, 0) is 44.7 Å². The van der Waals surface area contributed by atoms with Gasteiger partial charge in [0.1, 0.15) is 0 Å². The highest BCUT2D eigenvalue weighted by Gasteiger charge is 2.25. The van der Waals surface area contributed by atoms with Crippen LogP contribution in [-0.2, 0) is 13.0 Å². The molecule has 2 aromatic heterocycles. The molecule has 9 heteroatoms. The van der Waals surface area contributed by atoms with Crippen LogP contribution in [0.3, 0.4) is 0 Å². The van der Waals surface area contributed by atoms with Gasteiger partial charge in [-0.15, -0.1) is 0 Å². The number of aryl methyl sites for hydroxylation is 1. The lowest BCUT2D eigenvalue weighted by atomic mass is 9.94. The summed E-state index contributed by atoms with van der Waals surface area (Å²) in [6, 6.07) is 5.11. The second-order valence-electron chi connectivity index (χ2n) is 7.91. The first-order valence-corrected chi connectivity index (χ1v) is 10.0. The van der Waals surface area contributed by atoms with Crippen molar-refractivity contribution in [1.29, 1.82) is 0 Å². The zero-order chi connectivity index (χ0) is 21.3. The van der Waals surface area contributed by atoms with Crippen LogP contribution in [0.2, 0.25) is 0 Å². The van der Waals surface area contributed by atoms with Gasteiger partial charge in [0.25, 0.3) is 11.6 Å². The number of non-ortho nitro benzene ring substituents is 1. The molecule has 3 aromatic rings. The van der Waals surface area contributed by atoms with E-state index in [9.17, 15) is 14.9 Å². The molecule has 2 N–H and O–H groups in total. The first kappa shape index (κ1) is 19.8. The minimum absolute atomic E-state index is 0.0472. The number of hydrogen-bond acceptors (Lipinski definition) is 6. The number of pyridine rings is 1. The fraction of sp³-hybridized carbons (Fsp3) is 0.381. The lowest BCUT2D eigenvalue weighted by Crippen LogP contribution is -2.32. The Morgan fingerprint density at radius 2 is 2.13 bits per heavy atom. The first-order valence-electron chi connectivity index (χ1n) is 10.0. The monoisotopic (exact) mass is 408 g/mol. The van der Waals surface area contributed by atoms with Gasteiger partial charge in [-0.3, -0.25) is 24.6 Å². The maximum Gasteiger partial charge on any atom is 0.278 e. The zero-order valence-electron chi connectivity index (χ0n) is 17.0. The van der Waals surface area contributed by atoms with Crippen molar-refractivity contribution in [3.8, 4) is 0 Å². The fourth-order valence-electron chi connectivity index (χ4n) is 3.95. The second-order valence-corrected chi connectivity index (χ2v) is 7.91. The minimum Gasteiger partial charge on any atom is -0.384 e. The molecule has 3 heterocycles. The molecular formula is C21H24N6O3. The number of aromatic nitrogens is 3. The van der Waals surface area contributed by atoms with Crippen LogP contribution in [0.15, 0.2) is 36.8 Å². The molecule has 1 amide bonds. The summed E-state index contributed by atoms with van der Waals surface area (Å²) in [6.07, 6.45) is 6.51.